The Labute approximate surface area is 138 Å². The zero-order valence-corrected chi connectivity index (χ0v) is 14.3. The van der Waals surface area contributed by atoms with Crippen molar-refractivity contribution < 1.29 is 19.0 Å². The first kappa shape index (κ1) is 17.6. The Morgan fingerprint density at radius 2 is 1.91 bits per heavy atom. The molecule has 5 heteroatoms. The predicted molar refractivity (Wildman–Crippen MR) is 89.0 cm³/mol. The van der Waals surface area contributed by atoms with Crippen LogP contribution in [-0.4, -0.2) is 40.4 Å². The minimum Gasteiger partial charge on any atom is -0.497 e. The van der Waals surface area contributed by atoms with Gasteiger partial charge in [-0.3, -0.25) is 4.79 Å². The standard InChI is InChI=1S/C18H27NO4/c1-21-13-18(8-4-5-9-18)12-19-17(20)11-14-10-15(22-2)6-7-16(14)23-3/h6-7,10H,4-5,8-9,11-13H2,1-3H3,(H,19,20). The van der Waals surface area contributed by atoms with E-state index in [0.29, 0.717) is 18.9 Å². The maximum absolute atomic E-state index is 12.3. The lowest BCUT2D eigenvalue weighted by molar-refractivity contribution is -0.121. The molecule has 0 bridgehead atoms. The third kappa shape index (κ3) is 4.61. The Bertz CT molecular complexity index is 524. The summed E-state index contributed by atoms with van der Waals surface area (Å²) < 4.78 is 15.9. The molecule has 0 radical (unpaired) electrons. The Kier molecular flexibility index (Phi) is 6.28. The molecular weight excluding hydrogens is 294 g/mol. The fourth-order valence-electron chi connectivity index (χ4n) is 3.34. The van der Waals surface area contributed by atoms with Crippen molar-refractivity contribution in [1.82, 2.24) is 5.32 Å². The predicted octanol–water partition coefficient (Wildman–Crippen LogP) is 2.57. The second-order valence-electron chi connectivity index (χ2n) is 6.27. The van der Waals surface area contributed by atoms with Crippen molar-refractivity contribution >= 4 is 5.91 Å². The molecule has 1 aromatic carbocycles. The topological polar surface area (TPSA) is 56.8 Å². The molecule has 0 heterocycles. The Morgan fingerprint density at radius 3 is 2.52 bits per heavy atom. The van der Waals surface area contributed by atoms with Gasteiger partial charge in [-0.1, -0.05) is 12.8 Å². The van der Waals surface area contributed by atoms with Crippen molar-refractivity contribution in [1.29, 1.82) is 0 Å². The van der Waals surface area contributed by atoms with E-state index in [1.54, 1.807) is 21.3 Å². The van der Waals surface area contributed by atoms with Crippen molar-refractivity contribution in [3.63, 3.8) is 0 Å². The van der Waals surface area contributed by atoms with E-state index in [1.165, 1.54) is 12.8 Å². The molecule has 1 amide bonds. The second-order valence-corrected chi connectivity index (χ2v) is 6.27. The quantitative estimate of drug-likeness (QED) is 0.799. The molecule has 5 nitrogen and oxygen atoms in total. The third-order valence-electron chi connectivity index (χ3n) is 4.61. The number of hydrogen-bond donors (Lipinski definition) is 1. The van der Waals surface area contributed by atoms with Gasteiger partial charge in [-0.05, 0) is 31.0 Å². The first-order chi connectivity index (χ1) is 11.1. The van der Waals surface area contributed by atoms with Gasteiger partial charge in [0.2, 0.25) is 5.91 Å². The number of carbonyl (C=O) groups excluding carboxylic acids is 1. The van der Waals surface area contributed by atoms with Gasteiger partial charge in [0.15, 0.2) is 0 Å². The van der Waals surface area contributed by atoms with Crippen LogP contribution in [0.4, 0.5) is 0 Å². The van der Waals surface area contributed by atoms with Crippen LogP contribution in [-0.2, 0) is 16.0 Å². The Balaban J connectivity index is 1.96. The summed E-state index contributed by atoms with van der Waals surface area (Å²) in [7, 11) is 4.94. The number of amides is 1. The van der Waals surface area contributed by atoms with Crippen LogP contribution in [0.25, 0.3) is 0 Å². The third-order valence-corrected chi connectivity index (χ3v) is 4.61. The molecule has 0 saturated heterocycles. The van der Waals surface area contributed by atoms with Crippen molar-refractivity contribution in [3.05, 3.63) is 23.8 Å². The molecule has 0 atom stereocenters. The molecule has 0 spiro atoms. The number of carbonyl (C=O) groups is 1. The monoisotopic (exact) mass is 321 g/mol. The van der Waals surface area contributed by atoms with E-state index in [0.717, 1.165) is 24.2 Å². The van der Waals surface area contributed by atoms with Crippen molar-refractivity contribution in [2.24, 2.45) is 5.41 Å². The highest BCUT2D eigenvalue weighted by Gasteiger charge is 2.34. The van der Waals surface area contributed by atoms with E-state index in [2.05, 4.69) is 5.32 Å². The van der Waals surface area contributed by atoms with E-state index >= 15 is 0 Å². The minimum atomic E-state index is -0.000990. The Morgan fingerprint density at radius 1 is 1.17 bits per heavy atom. The molecule has 0 aliphatic heterocycles. The molecule has 23 heavy (non-hydrogen) atoms. The van der Waals surface area contributed by atoms with Gasteiger partial charge in [0, 0.05) is 24.6 Å². The minimum absolute atomic E-state index is 0.000990. The Hall–Kier alpha value is -1.75. The highest BCUT2D eigenvalue weighted by atomic mass is 16.5. The second kappa shape index (κ2) is 8.20. The van der Waals surface area contributed by atoms with Crippen LogP contribution in [0.5, 0.6) is 11.5 Å². The highest BCUT2D eigenvalue weighted by Crippen LogP contribution is 2.37. The number of nitrogens with one attached hydrogen (secondary N) is 1. The number of methoxy groups -OCH3 is 3. The van der Waals surface area contributed by atoms with E-state index in [-0.39, 0.29) is 17.7 Å². The summed E-state index contributed by atoms with van der Waals surface area (Å²) in [4.78, 5) is 12.3. The van der Waals surface area contributed by atoms with E-state index in [9.17, 15) is 4.79 Å². The lowest BCUT2D eigenvalue weighted by atomic mass is 9.87. The summed E-state index contributed by atoms with van der Waals surface area (Å²) in [5.74, 6) is 1.42. The van der Waals surface area contributed by atoms with Gasteiger partial charge >= 0.3 is 0 Å². The van der Waals surface area contributed by atoms with Crippen LogP contribution in [0.1, 0.15) is 31.2 Å². The van der Waals surface area contributed by atoms with Crippen molar-refractivity contribution in [2.45, 2.75) is 32.1 Å². The van der Waals surface area contributed by atoms with Gasteiger partial charge in [-0.2, -0.15) is 0 Å². The number of hydrogen-bond acceptors (Lipinski definition) is 4. The lowest BCUT2D eigenvalue weighted by Gasteiger charge is -2.28. The molecule has 0 unspecified atom stereocenters. The van der Waals surface area contributed by atoms with Gasteiger partial charge in [0.1, 0.15) is 11.5 Å². The molecule has 128 valence electrons. The zero-order chi connectivity index (χ0) is 16.7. The molecular formula is C18H27NO4. The number of ether oxygens (including phenoxy) is 3. The molecule has 2 rings (SSSR count). The smallest absolute Gasteiger partial charge is 0.224 e. The first-order valence-corrected chi connectivity index (χ1v) is 8.09. The van der Waals surface area contributed by atoms with Gasteiger partial charge in [0.05, 0.1) is 27.2 Å². The fourth-order valence-corrected chi connectivity index (χ4v) is 3.34. The van der Waals surface area contributed by atoms with Gasteiger partial charge < -0.3 is 19.5 Å². The summed E-state index contributed by atoms with van der Waals surface area (Å²) >= 11 is 0. The van der Waals surface area contributed by atoms with Gasteiger partial charge in [-0.25, -0.2) is 0 Å². The van der Waals surface area contributed by atoms with Crippen LogP contribution in [0.2, 0.25) is 0 Å². The van der Waals surface area contributed by atoms with Crippen LogP contribution in [0.15, 0.2) is 18.2 Å². The SMILES string of the molecule is COCC1(CNC(=O)Cc2cc(OC)ccc2OC)CCCC1. The fraction of sp³-hybridized carbons (Fsp3) is 0.611. The van der Waals surface area contributed by atoms with Crippen LogP contribution < -0.4 is 14.8 Å². The molecule has 1 fully saturated rings. The van der Waals surface area contributed by atoms with Crippen LogP contribution in [0, 0.1) is 5.41 Å². The summed E-state index contributed by atoms with van der Waals surface area (Å²) in [5, 5.41) is 3.07. The highest BCUT2D eigenvalue weighted by molar-refractivity contribution is 5.79. The number of benzene rings is 1. The van der Waals surface area contributed by atoms with E-state index < -0.39 is 0 Å². The molecule has 0 aromatic heterocycles. The average molecular weight is 321 g/mol. The van der Waals surface area contributed by atoms with Crippen LogP contribution >= 0.6 is 0 Å². The van der Waals surface area contributed by atoms with Gasteiger partial charge in [-0.15, -0.1) is 0 Å². The maximum Gasteiger partial charge on any atom is 0.224 e. The zero-order valence-electron chi connectivity index (χ0n) is 14.3. The van der Waals surface area contributed by atoms with Crippen LogP contribution in [0.3, 0.4) is 0 Å². The van der Waals surface area contributed by atoms with Gasteiger partial charge in [0.25, 0.3) is 0 Å². The molecule has 1 saturated carbocycles. The summed E-state index contributed by atoms with van der Waals surface area (Å²) in [6.45, 7) is 1.38. The van der Waals surface area contributed by atoms with E-state index in [1.807, 2.05) is 18.2 Å². The number of rotatable bonds is 8. The van der Waals surface area contributed by atoms with Crippen molar-refractivity contribution in [2.75, 3.05) is 34.5 Å². The lowest BCUT2D eigenvalue weighted by Crippen LogP contribution is -2.39. The molecule has 1 aliphatic carbocycles. The van der Waals surface area contributed by atoms with Crippen molar-refractivity contribution in [3.8, 4) is 11.5 Å². The summed E-state index contributed by atoms with van der Waals surface area (Å²) in [6, 6.07) is 5.50. The summed E-state index contributed by atoms with van der Waals surface area (Å²) in [5.41, 5.74) is 0.930. The molecule has 1 N–H and O–H groups in total. The summed E-state index contributed by atoms with van der Waals surface area (Å²) in [6.07, 6.45) is 4.93. The maximum atomic E-state index is 12.3. The molecule has 1 aromatic rings. The largest absolute Gasteiger partial charge is 0.497 e. The average Bonchev–Trinajstić information content (AvgIpc) is 3.02. The molecule has 1 aliphatic rings. The normalized spacial score (nSPS) is 16.1. The first-order valence-electron chi connectivity index (χ1n) is 8.09. The van der Waals surface area contributed by atoms with E-state index in [4.69, 9.17) is 14.2 Å².